The number of hydrogen-bond acceptors (Lipinski definition) is 5. The Morgan fingerprint density at radius 2 is 1.64 bits per heavy atom. The molecule has 1 N–H and O–H groups in total. The van der Waals surface area contributed by atoms with Gasteiger partial charge >= 0.3 is 0 Å². The van der Waals surface area contributed by atoms with Crippen LogP contribution in [0.1, 0.15) is 31.9 Å². The number of aryl methyl sites for hydroxylation is 1. The normalized spacial score (nSPS) is 12.2. The number of rotatable bonds is 10. The first-order chi connectivity index (χ1) is 15.4. The second-order valence-corrected chi connectivity index (χ2v) is 10.2. The summed E-state index contributed by atoms with van der Waals surface area (Å²) in [5.74, 6) is -0.216. The molecule has 0 aliphatic carbocycles. The molecule has 0 heterocycles. The molecule has 0 aliphatic rings. The van der Waals surface area contributed by atoms with E-state index < -0.39 is 28.5 Å². The monoisotopic (exact) mass is 475 g/mol. The van der Waals surface area contributed by atoms with Gasteiger partial charge in [-0.15, -0.1) is 0 Å². The Morgan fingerprint density at radius 3 is 2.15 bits per heavy atom. The smallest absolute Gasteiger partial charge is 0.244 e. The molecule has 0 spiro atoms. The number of carbonyl (C=O) groups is 2. The molecule has 2 rings (SSSR count). The van der Waals surface area contributed by atoms with Crippen molar-refractivity contribution in [2.45, 2.75) is 46.3 Å². The van der Waals surface area contributed by atoms with Crippen molar-refractivity contribution in [1.29, 1.82) is 0 Å². The van der Waals surface area contributed by atoms with Crippen LogP contribution in [0.4, 0.5) is 5.69 Å². The van der Waals surface area contributed by atoms with Crippen LogP contribution in [-0.4, -0.2) is 57.1 Å². The molecular formula is C24H33N3O5S. The molecule has 0 saturated heterocycles. The fourth-order valence-electron chi connectivity index (χ4n) is 3.32. The van der Waals surface area contributed by atoms with Gasteiger partial charge in [0.15, 0.2) is 0 Å². The molecule has 1 atom stereocenters. The molecule has 1 unspecified atom stereocenters. The number of nitrogens with zero attached hydrogens (tertiary/aromatic N) is 2. The van der Waals surface area contributed by atoms with Gasteiger partial charge in [-0.05, 0) is 63.1 Å². The highest BCUT2D eigenvalue weighted by Gasteiger charge is 2.30. The van der Waals surface area contributed by atoms with E-state index in [-0.39, 0.29) is 18.5 Å². The van der Waals surface area contributed by atoms with E-state index in [1.165, 1.54) is 12.0 Å². The van der Waals surface area contributed by atoms with Gasteiger partial charge in [-0.25, -0.2) is 8.42 Å². The van der Waals surface area contributed by atoms with Crippen LogP contribution < -0.4 is 14.4 Å². The predicted molar refractivity (Wildman–Crippen MR) is 130 cm³/mol. The van der Waals surface area contributed by atoms with Crippen molar-refractivity contribution >= 4 is 27.5 Å². The maximum absolute atomic E-state index is 13.5. The molecule has 0 aromatic heterocycles. The fourth-order valence-corrected chi connectivity index (χ4v) is 4.17. The zero-order chi connectivity index (χ0) is 24.8. The molecular weight excluding hydrogens is 442 g/mol. The van der Waals surface area contributed by atoms with Crippen LogP contribution in [0.5, 0.6) is 5.75 Å². The average Bonchev–Trinajstić information content (AvgIpc) is 2.75. The lowest BCUT2D eigenvalue weighted by atomic mass is 10.1. The van der Waals surface area contributed by atoms with Crippen molar-refractivity contribution in [3.05, 3.63) is 59.7 Å². The zero-order valence-electron chi connectivity index (χ0n) is 20.0. The Bertz CT molecular complexity index is 1070. The second kappa shape index (κ2) is 11.2. The molecule has 0 aliphatic heterocycles. The Hall–Kier alpha value is -3.07. The number of amides is 2. The van der Waals surface area contributed by atoms with Crippen LogP contribution in [0.3, 0.4) is 0 Å². The van der Waals surface area contributed by atoms with E-state index >= 15 is 0 Å². The molecule has 0 fully saturated rings. The predicted octanol–water partition coefficient (Wildman–Crippen LogP) is 2.71. The number of hydrogen-bond donors (Lipinski definition) is 1. The first kappa shape index (κ1) is 26.2. The molecule has 180 valence electrons. The topological polar surface area (TPSA) is 96.0 Å². The minimum atomic E-state index is -3.77. The van der Waals surface area contributed by atoms with E-state index in [0.29, 0.717) is 11.4 Å². The van der Waals surface area contributed by atoms with Crippen molar-refractivity contribution in [2.75, 3.05) is 24.2 Å². The summed E-state index contributed by atoms with van der Waals surface area (Å²) < 4.78 is 31.3. The van der Waals surface area contributed by atoms with Crippen LogP contribution in [0.15, 0.2) is 48.5 Å². The van der Waals surface area contributed by atoms with Crippen LogP contribution in [0.2, 0.25) is 0 Å². The number of carbonyl (C=O) groups excluding carboxylic acids is 2. The van der Waals surface area contributed by atoms with Gasteiger partial charge in [0.2, 0.25) is 21.8 Å². The van der Waals surface area contributed by atoms with Crippen molar-refractivity contribution in [3.8, 4) is 5.75 Å². The zero-order valence-corrected chi connectivity index (χ0v) is 20.8. The molecule has 8 nitrogen and oxygen atoms in total. The minimum Gasteiger partial charge on any atom is -0.497 e. The summed E-state index contributed by atoms with van der Waals surface area (Å²) in [7, 11) is -2.25. The number of methoxy groups -OCH3 is 1. The number of anilines is 1. The van der Waals surface area contributed by atoms with E-state index in [2.05, 4.69) is 5.32 Å². The fraction of sp³-hybridized carbons (Fsp3) is 0.417. The average molecular weight is 476 g/mol. The standard InChI is InChI=1S/C24H33N3O5S/c1-17(2)25-24(29)19(4)26(15-20-10-8-7-9-18(20)3)23(28)16-27(33(6,30)31)21-11-13-22(32-5)14-12-21/h7-14,17,19H,15-16H2,1-6H3,(H,25,29). The lowest BCUT2D eigenvalue weighted by molar-refractivity contribution is -0.139. The van der Waals surface area contributed by atoms with Crippen LogP contribution >= 0.6 is 0 Å². The minimum absolute atomic E-state index is 0.0952. The van der Waals surface area contributed by atoms with Gasteiger partial charge in [0, 0.05) is 12.6 Å². The SMILES string of the molecule is COc1ccc(N(CC(=O)N(Cc2ccccc2C)C(C)C(=O)NC(C)C)S(C)(=O)=O)cc1. The Balaban J connectivity index is 2.39. The largest absolute Gasteiger partial charge is 0.497 e. The third kappa shape index (κ3) is 7.21. The molecule has 33 heavy (non-hydrogen) atoms. The van der Waals surface area contributed by atoms with E-state index in [0.717, 1.165) is 21.7 Å². The molecule has 2 aromatic rings. The summed E-state index contributed by atoms with van der Waals surface area (Å²) >= 11 is 0. The molecule has 0 radical (unpaired) electrons. The van der Waals surface area contributed by atoms with Crippen LogP contribution in [0.25, 0.3) is 0 Å². The third-order valence-corrected chi connectivity index (χ3v) is 6.38. The van der Waals surface area contributed by atoms with E-state index in [1.807, 2.05) is 45.0 Å². The highest BCUT2D eigenvalue weighted by Crippen LogP contribution is 2.22. The van der Waals surface area contributed by atoms with Crippen LogP contribution in [0, 0.1) is 6.92 Å². The number of benzene rings is 2. The Morgan fingerprint density at radius 1 is 1.03 bits per heavy atom. The summed E-state index contributed by atoms with van der Waals surface area (Å²) in [5, 5.41) is 2.83. The Labute approximate surface area is 196 Å². The first-order valence-corrected chi connectivity index (χ1v) is 12.5. The van der Waals surface area contributed by atoms with Crippen molar-refractivity contribution in [1.82, 2.24) is 10.2 Å². The van der Waals surface area contributed by atoms with Gasteiger partial charge in [-0.3, -0.25) is 13.9 Å². The maximum atomic E-state index is 13.5. The molecule has 2 aromatic carbocycles. The molecule has 9 heteroatoms. The van der Waals surface area contributed by atoms with Crippen LogP contribution in [-0.2, 0) is 26.2 Å². The lowest BCUT2D eigenvalue weighted by Crippen LogP contribution is -2.52. The quantitative estimate of drug-likeness (QED) is 0.570. The molecule has 0 saturated carbocycles. The Kier molecular flexibility index (Phi) is 8.87. The summed E-state index contributed by atoms with van der Waals surface area (Å²) in [5.41, 5.74) is 2.19. The number of sulfonamides is 1. The summed E-state index contributed by atoms with van der Waals surface area (Å²) in [6.07, 6.45) is 1.05. The van der Waals surface area contributed by atoms with Gasteiger partial charge < -0.3 is 15.0 Å². The summed E-state index contributed by atoms with van der Waals surface area (Å²) in [6.45, 7) is 7.00. The number of ether oxygens (including phenoxy) is 1. The van der Waals surface area contributed by atoms with Gasteiger partial charge in [-0.2, -0.15) is 0 Å². The van der Waals surface area contributed by atoms with E-state index in [4.69, 9.17) is 4.74 Å². The van der Waals surface area contributed by atoms with Crippen molar-refractivity contribution < 1.29 is 22.7 Å². The first-order valence-electron chi connectivity index (χ1n) is 10.7. The highest BCUT2D eigenvalue weighted by atomic mass is 32.2. The third-order valence-electron chi connectivity index (χ3n) is 5.24. The summed E-state index contributed by atoms with van der Waals surface area (Å²) in [4.78, 5) is 27.6. The van der Waals surface area contributed by atoms with Gasteiger partial charge in [0.1, 0.15) is 18.3 Å². The van der Waals surface area contributed by atoms with E-state index in [9.17, 15) is 18.0 Å². The number of nitrogens with one attached hydrogen (secondary N) is 1. The van der Waals surface area contributed by atoms with Gasteiger partial charge in [0.05, 0.1) is 19.1 Å². The van der Waals surface area contributed by atoms with E-state index in [1.54, 1.807) is 31.2 Å². The van der Waals surface area contributed by atoms with Crippen molar-refractivity contribution in [3.63, 3.8) is 0 Å². The maximum Gasteiger partial charge on any atom is 0.244 e. The second-order valence-electron chi connectivity index (χ2n) is 8.26. The molecule has 0 bridgehead atoms. The van der Waals surface area contributed by atoms with Gasteiger partial charge in [0.25, 0.3) is 0 Å². The van der Waals surface area contributed by atoms with Crippen molar-refractivity contribution in [2.24, 2.45) is 0 Å². The molecule has 2 amide bonds. The highest BCUT2D eigenvalue weighted by molar-refractivity contribution is 7.92. The lowest BCUT2D eigenvalue weighted by Gasteiger charge is -2.32. The summed E-state index contributed by atoms with van der Waals surface area (Å²) in [6, 6.07) is 13.1. The van der Waals surface area contributed by atoms with Gasteiger partial charge in [-0.1, -0.05) is 24.3 Å².